The second-order valence-electron chi connectivity index (χ2n) is 7.48. The summed E-state index contributed by atoms with van der Waals surface area (Å²) in [6, 6.07) is 22.0. The van der Waals surface area contributed by atoms with Gasteiger partial charge in [-0.25, -0.2) is 12.8 Å². The molecule has 5 rings (SSSR count). The monoisotopic (exact) mass is 453 g/mol. The summed E-state index contributed by atoms with van der Waals surface area (Å²) in [6.45, 7) is -0.338. The van der Waals surface area contributed by atoms with Gasteiger partial charge >= 0.3 is 0 Å². The highest BCUT2D eigenvalue weighted by molar-refractivity contribution is 7.89. The Morgan fingerprint density at radius 2 is 1.59 bits per heavy atom. The molecule has 1 aliphatic rings. The maximum Gasteiger partial charge on any atom is 0.241 e. The summed E-state index contributed by atoms with van der Waals surface area (Å²) in [4.78, 5) is -0.0193. The Kier molecular flexibility index (Phi) is 5.32. The Morgan fingerprint density at radius 1 is 0.875 bits per heavy atom. The molecule has 1 aromatic heterocycles. The molecule has 0 bridgehead atoms. The van der Waals surface area contributed by atoms with Crippen LogP contribution < -0.4 is 14.2 Å². The predicted molar refractivity (Wildman–Crippen MR) is 117 cm³/mol. The van der Waals surface area contributed by atoms with Crippen LogP contribution in [-0.4, -0.2) is 27.8 Å². The standard InChI is InChI=1S/C24H20FNO5S/c25-18-14-29-21-11-10-19(13-22(21)30-15-18)32(27,28)26-24(16-6-2-1-3-7-16)23-12-17-8-4-5-9-20(17)31-23/h1-13,18,24,26H,14-15H2/t18-,24?/m0/s1. The Labute approximate surface area is 184 Å². The molecule has 6 nitrogen and oxygen atoms in total. The van der Waals surface area contributed by atoms with Gasteiger partial charge < -0.3 is 13.9 Å². The SMILES string of the molecule is O=S(=O)(NC(c1ccccc1)c1cc2ccccc2o1)c1ccc2c(c1)OC[C@@H](F)CO2. The van der Waals surface area contributed by atoms with Crippen LogP contribution in [0.25, 0.3) is 11.0 Å². The molecule has 0 radical (unpaired) electrons. The molecule has 0 aliphatic carbocycles. The van der Waals surface area contributed by atoms with Gasteiger partial charge in [0.1, 0.15) is 30.6 Å². The normalized spacial score (nSPS) is 17.1. The third-order valence-electron chi connectivity index (χ3n) is 5.20. The Hall–Kier alpha value is -3.36. The minimum absolute atomic E-state index is 0.0193. The van der Waals surface area contributed by atoms with Gasteiger partial charge in [0, 0.05) is 11.5 Å². The summed E-state index contributed by atoms with van der Waals surface area (Å²) in [6.07, 6.45) is -1.28. The van der Waals surface area contributed by atoms with Gasteiger partial charge in [-0.05, 0) is 29.8 Å². The lowest BCUT2D eigenvalue weighted by molar-refractivity contribution is 0.162. The second kappa shape index (κ2) is 8.29. The van der Waals surface area contributed by atoms with E-state index >= 15 is 0 Å². The lowest BCUT2D eigenvalue weighted by Gasteiger charge is -2.18. The second-order valence-corrected chi connectivity index (χ2v) is 9.19. The lowest BCUT2D eigenvalue weighted by Crippen LogP contribution is -2.29. The number of sulfonamides is 1. The smallest absolute Gasteiger partial charge is 0.241 e. The van der Waals surface area contributed by atoms with Crippen molar-refractivity contribution in [3.63, 3.8) is 0 Å². The molecule has 32 heavy (non-hydrogen) atoms. The first-order valence-corrected chi connectivity index (χ1v) is 11.6. The van der Waals surface area contributed by atoms with Gasteiger partial charge in [-0.15, -0.1) is 0 Å². The minimum atomic E-state index is -3.99. The van der Waals surface area contributed by atoms with E-state index in [1.807, 2.05) is 60.7 Å². The summed E-state index contributed by atoms with van der Waals surface area (Å²) >= 11 is 0. The first kappa shape index (κ1) is 20.5. The van der Waals surface area contributed by atoms with Crippen molar-refractivity contribution in [3.05, 3.63) is 90.2 Å². The number of ether oxygens (including phenoxy) is 2. The number of fused-ring (bicyclic) bond motifs is 2. The van der Waals surface area contributed by atoms with Crippen LogP contribution in [0.1, 0.15) is 17.4 Å². The van der Waals surface area contributed by atoms with Gasteiger partial charge in [0.2, 0.25) is 10.0 Å². The average Bonchev–Trinajstić information content (AvgIpc) is 3.15. The van der Waals surface area contributed by atoms with Gasteiger partial charge in [-0.2, -0.15) is 4.72 Å². The van der Waals surface area contributed by atoms with Crippen molar-refractivity contribution in [2.75, 3.05) is 13.2 Å². The number of hydrogen-bond acceptors (Lipinski definition) is 5. The topological polar surface area (TPSA) is 77.8 Å². The number of halogens is 1. The van der Waals surface area contributed by atoms with Gasteiger partial charge in [0.25, 0.3) is 0 Å². The summed E-state index contributed by atoms with van der Waals surface area (Å²) < 4.78 is 59.7. The molecule has 0 saturated carbocycles. The fraction of sp³-hybridized carbons (Fsp3) is 0.167. The number of nitrogens with one attached hydrogen (secondary N) is 1. The first-order chi connectivity index (χ1) is 15.5. The number of alkyl halides is 1. The van der Waals surface area contributed by atoms with Crippen LogP contribution in [0.15, 0.2) is 88.2 Å². The quantitative estimate of drug-likeness (QED) is 0.478. The molecule has 0 amide bonds. The number of furan rings is 1. The molecule has 4 aromatic rings. The van der Waals surface area contributed by atoms with Crippen LogP contribution >= 0.6 is 0 Å². The highest BCUT2D eigenvalue weighted by Crippen LogP contribution is 2.34. The van der Waals surface area contributed by atoms with E-state index in [9.17, 15) is 12.8 Å². The van der Waals surface area contributed by atoms with E-state index in [2.05, 4.69) is 4.72 Å². The zero-order valence-electron chi connectivity index (χ0n) is 16.9. The van der Waals surface area contributed by atoms with Crippen LogP contribution in [0.2, 0.25) is 0 Å². The van der Waals surface area contributed by atoms with Crippen molar-refractivity contribution in [2.45, 2.75) is 17.1 Å². The molecule has 0 fully saturated rings. The molecule has 0 spiro atoms. The van der Waals surface area contributed by atoms with Crippen molar-refractivity contribution in [3.8, 4) is 11.5 Å². The minimum Gasteiger partial charge on any atom is -0.487 e. The fourth-order valence-corrected chi connectivity index (χ4v) is 4.81. The van der Waals surface area contributed by atoms with Crippen molar-refractivity contribution < 1.29 is 26.7 Å². The summed E-state index contributed by atoms with van der Waals surface area (Å²) in [5.41, 5.74) is 1.39. The average molecular weight is 453 g/mol. The third kappa shape index (κ3) is 4.06. The molecule has 3 aromatic carbocycles. The molecule has 1 aliphatic heterocycles. The van der Waals surface area contributed by atoms with E-state index in [0.717, 1.165) is 10.9 Å². The van der Waals surface area contributed by atoms with Crippen LogP contribution in [0.4, 0.5) is 4.39 Å². The highest BCUT2D eigenvalue weighted by Gasteiger charge is 2.27. The number of hydrogen-bond donors (Lipinski definition) is 1. The van der Waals surface area contributed by atoms with Crippen LogP contribution in [0.3, 0.4) is 0 Å². The number of rotatable bonds is 5. The van der Waals surface area contributed by atoms with Crippen LogP contribution in [0.5, 0.6) is 11.5 Å². The molecule has 1 N–H and O–H groups in total. The lowest BCUT2D eigenvalue weighted by atomic mass is 10.1. The fourth-order valence-electron chi connectivity index (χ4n) is 3.60. The maximum absolute atomic E-state index is 13.6. The van der Waals surface area contributed by atoms with Gasteiger partial charge in [-0.1, -0.05) is 48.5 Å². The molecule has 2 heterocycles. The van der Waals surface area contributed by atoms with Crippen molar-refractivity contribution >= 4 is 21.0 Å². The maximum atomic E-state index is 13.6. The molecule has 1 unspecified atom stereocenters. The summed E-state index contributed by atoms with van der Waals surface area (Å²) in [5, 5.41) is 0.874. The summed E-state index contributed by atoms with van der Waals surface area (Å²) in [5.74, 6) is 0.963. The van der Waals surface area contributed by atoms with E-state index < -0.39 is 22.2 Å². The van der Waals surface area contributed by atoms with E-state index in [1.54, 1.807) is 0 Å². The van der Waals surface area contributed by atoms with Gasteiger partial charge in [0.15, 0.2) is 17.7 Å². The molecular weight excluding hydrogens is 433 g/mol. The first-order valence-electron chi connectivity index (χ1n) is 10.1. The molecule has 0 saturated heterocycles. The number of para-hydroxylation sites is 1. The third-order valence-corrected chi connectivity index (χ3v) is 6.62. The zero-order valence-corrected chi connectivity index (χ0v) is 17.7. The van der Waals surface area contributed by atoms with Gasteiger partial charge in [0.05, 0.1) is 4.90 Å². The Bertz CT molecular complexity index is 1320. The van der Waals surface area contributed by atoms with E-state index in [4.69, 9.17) is 13.9 Å². The number of benzene rings is 3. The molecule has 2 atom stereocenters. The van der Waals surface area contributed by atoms with Crippen molar-refractivity contribution in [2.24, 2.45) is 0 Å². The molecule has 8 heteroatoms. The van der Waals surface area contributed by atoms with Crippen LogP contribution in [-0.2, 0) is 10.0 Å². The van der Waals surface area contributed by atoms with E-state index in [1.165, 1.54) is 18.2 Å². The van der Waals surface area contributed by atoms with Crippen molar-refractivity contribution in [1.82, 2.24) is 4.72 Å². The van der Waals surface area contributed by atoms with Crippen molar-refractivity contribution in [1.29, 1.82) is 0 Å². The molecular formula is C24H20FNO5S. The molecule has 164 valence electrons. The largest absolute Gasteiger partial charge is 0.487 e. The van der Waals surface area contributed by atoms with E-state index in [0.29, 0.717) is 17.1 Å². The predicted octanol–water partition coefficient (Wildman–Crippen LogP) is 4.61. The highest BCUT2D eigenvalue weighted by atomic mass is 32.2. The Balaban J connectivity index is 1.52. The zero-order chi connectivity index (χ0) is 22.1. The Morgan fingerprint density at radius 3 is 2.38 bits per heavy atom. The van der Waals surface area contributed by atoms with Crippen LogP contribution in [0, 0.1) is 0 Å². The van der Waals surface area contributed by atoms with Gasteiger partial charge in [-0.3, -0.25) is 0 Å². The van der Waals surface area contributed by atoms with E-state index in [-0.39, 0.29) is 23.9 Å². The summed E-state index contributed by atoms with van der Waals surface area (Å²) in [7, 11) is -3.99.